The Balaban J connectivity index is 2.00. The number of halogens is 1. The van der Waals surface area contributed by atoms with Gasteiger partial charge in [-0.05, 0) is 52.7 Å². The number of aromatic amines is 1. The lowest BCUT2D eigenvalue weighted by Gasteiger charge is -2.09. The van der Waals surface area contributed by atoms with Crippen molar-refractivity contribution in [1.29, 1.82) is 5.26 Å². The summed E-state index contributed by atoms with van der Waals surface area (Å²) in [5.74, 6) is 1.75. The number of H-pyrrole nitrogens is 1. The van der Waals surface area contributed by atoms with Crippen LogP contribution in [0.25, 0.3) is 22.8 Å². The van der Waals surface area contributed by atoms with E-state index in [-0.39, 0.29) is 0 Å². The molecule has 0 saturated carbocycles. The second-order valence-electron chi connectivity index (χ2n) is 5.12. The maximum Gasteiger partial charge on any atom is 0.178 e. The standard InChI is InChI=1S/C18H15BrN4O2/c1-3-25-15-5-4-11(7-16(15)24-2)6-12(9-20)17-22-14-8-13(19)10-21-18(14)23-17/h4-8,10H,3H2,1-2H3,(H,21,22,23). The van der Waals surface area contributed by atoms with Gasteiger partial charge in [0.05, 0.1) is 24.8 Å². The van der Waals surface area contributed by atoms with Gasteiger partial charge in [0.25, 0.3) is 0 Å². The number of hydrogen-bond acceptors (Lipinski definition) is 5. The fourth-order valence-corrected chi connectivity index (χ4v) is 2.70. The van der Waals surface area contributed by atoms with E-state index < -0.39 is 0 Å². The molecule has 2 aromatic heterocycles. The number of aromatic nitrogens is 3. The molecule has 0 spiro atoms. The van der Waals surface area contributed by atoms with Gasteiger partial charge in [0.15, 0.2) is 23.0 Å². The number of nitrogens with one attached hydrogen (secondary N) is 1. The van der Waals surface area contributed by atoms with Crippen LogP contribution in [0.3, 0.4) is 0 Å². The Morgan fingerprint density at radius 3 is 2.92 bits per heavy atom. The molecule has 0 aliphatic heterocycles. The first-order valence-electron chi connectivity index (χ1n) is 7.59. The minimum atomic E-state index is 0.403. The van der Waals surface area contributed by atoms with E-state index in [0.717, 1.165) is 15.6 Å². The fraction of sp³-hybridized carbons (Fsp3) is 0.167. The maximum atomic E-state index is 9.52. The Morgan fingerprint density at radius 1 is 1.36 bits per heavy atom. The van der Waals surface area contributed by atoms with Crippen molar-refractivity contribution in [3.63, 3.8) is 0 Å². The fourth-order valence-electron chi connectivity index (χ4n) is 2.37. The second-order valence-corrected chi connectivity index (χ2v) is 6.04. The van der Waals surface area contributed by atoms with E-state index in [1.807, 2.05) is 31.2 Å². The van der Waals surface area contributed by atoms with Crippen LogP contribution in [0, 0.1) is 11.3 Å². The third-order valence-corrected chi connectivity index (χ3v) is 3.91. The number of benzene rings is 1. The Labute approximate surface area is 153 Å². The molecular weight excluding hydrogens is 384 g/mol. The van der Waals surface area contributed by atoms with Crippen LogP contribution in [0.1, 0.15) is 18.3 Å². The molecule has 0 radical (unpaired) electrons. The largest absolute Gasteiger partial charge is 0.493 e. The van der Waals surface area contributed by atoms with Gasteiger partial charge < -0.3 is 14.5 Å². The minimum absolute atomic E-state index is 0.403. The lowest BCUT2D eigenvalue weighted by Crippen LogP contribution is -1.95. The zero-order valence-electron chi connectivity index (χ0n) is 13.7. The molecule has 25 heavy (non-hydrogen) atoms. The van der Waals surface area contributed by atoms with Gasteiger partial charge in [-0.1, -0.05) is 6.07 Å². The number of methoxy groups -OCH3 is 1. The molecule has 6 nitrogen and oxygen atoms in total. The molecular formula is C18H15BrN4O2. The van der Waals surface area contributed by atoms with E-state index in [1.54, 1.807) is 19.4 Å². The molecule has 0 saturated heterocycles. The normalized spacial score (nSPS) is 11.4. The Hall–Kier alpha value is -2.85. The highest BCUT2D eigenvalue weighted by atomic mass is 79.9. The van der Waals surface area contributed by atoms with Crippen molar-refractivity contribution in [1.82, 2.24) is 15.0 Å². The summed E-state index contributed by atoms with van der Waals surface area (Å²) < 4.78 is 11.7. The number of rotatable bonds is 5. The molecule has 7 heteroatoms. The quantitative estimate of drug-likeness (QED) is 0.651. The van der Waals surface area contributed by atoms with Crippen molar-refractivity contribution < 1.29 is 9.47 Å². The third-order valence-electron chi connectivity index (χ3n) is 3.48. The topological polar surface area (TPSA) is 83.8 Å². The molecule has 3 aromatic rings. The monoisotopic (exact) mass is 398 g/mol. The maximum absolute atomic E-state index is 9.52. The number of hydrogen-bond donors (Lipinski definition) is 1. The lowest BCUT2D eigenvalue weighted by atomic mass is 10.1. The number of pyridine rings is 1. The Bertz CT molecular complexity index is 988. The summed E-state index contributed by atoms with van der Waals surface area (Å²) in [4.78, 5) is 11.7. The van der Waals surface area contributed by atoms with Crippen LogP contribution in [0.5, 0.6) is 11.5 Å². The van der Waals surface area contributed by atoms with Crippen LogP contribution in [0.2, 0.25) is 0 Å². The predicted molar refractivity (Wildman–Crippen MR) is 99.2 cm³/mol. The third kappa shape index (κ3) is 3.64. The molecule has 0 aliphatic rings. The van der Waals surface area contributed by atoms with E-state index in [9.17, 15) is 5.26 Å². The molecule has 0 amide bonds. The van der Waals surface area contributed by atoms with E-state index in [2.05, 4.69) is 37.0 Å². The zero-order valence-corrected chi connectivity index (χ0v) is 15.3. The van der Waals surface area contributed by atoms with Crippen molar-refractivity contribution in [2.75, 3.05) is 13.7 Å². The van der Waals surface area contributed by atoms with Crippen LogP contribution < -0.4 is 9.47 Å². The zero-order chi connectivity index (χ0) is 17.8. The van der Waals surface area contributed by atoms with Gasteiger partial charge >= 0.3 is 0 Å². The lowest BCUT2D eigenvalue weighted by molar-refractivity contribution is 0.311. The number of ether oxygens (including phenoxy) is 2. The molecule has 3 rings (SSSR count). The average molecular weight is 399 g/mol. The molecule has 0 fully saturated rings. The minimum Gasteiger partial charge on any atom is -0.493 e. The average Bonchev–Trinajstić information content (AvgIpc) is 3.03. The van der Waals surface area contributed by atoms with E-state index in [0.29, 0.717) is 35.2 Å². The summed E-state index contributed by atoms with van der Waals surface area (Å²) in [5, 5.41) is 9.52. The summed E-state index contributed by atoms with van der Waals surface area (Å²) in [7, 11) is 1.58. The van der Waals surface area contributed by atoms with Gasteiger partial charge in [0, 0.05) is 10.7 Å². The first kappa shape index (κ1) is 17.0. The highest BCUT2D eigenvalue weighted by Crippen LogP contribution is 2.29. The summed E-state index contributed by atoms with van der Waals surface area (Å²) in [6.45, 7) is 2.46. The number of allylic oxidation sites excluding steroid dienone is 1. The van der Waals surface area contributed by atoms with Crippen molar-refractivity contribution in [2.45, 2.75) is 6.92 Å². The predicted octanol–water partition coefficient (Wildman–Crippen LogP) is 4.19. The Kier molecular flexibility index (Phi) is 5.00. The van der Waals surface area contributed by atoms with Gasteiger partial charge in [-0.2, -0.15) is 5.26 Å². The molecule has 0 unspecified atom stereocenters. The van der Waals surface area contributed by atoms with Crippen LogP contribution in [0.4, 0.5) is 0 Å². The SMILES string of the molecule is CCOc1ccc(C=C(C#N)c2nc3ncc(Br)cc3[nH]2)cc1OC. The van der Waals surface area contributed by atoms with Gasteiger partial charge in [-0.25, -0.2) is 9.97 Å². The summed E-state index contributed by atoms with van der Waals surface area (Å²) in [5.41, 5.74) is 2.53. The van der Waals surface area contributed by atoms with Gasteiger partial charge in [-0.3, -0.25) is 0 Å². The van der Waals surface area contributed by atoms with E-state index >= 15 is 0 Å². The van der Waals surface area contributed by atoms with Crippen molar-refractivity contribution in [3.8, 4) is 17.6 Å². The smallest absolute Gasteiger partial charge is 0.178 e. The highest BCUT2D eigenvalue weighted by molar-refractivity contribution is 9.10. The van der Waals surface area contributed by atoms with Crippen molar-refractivity contribution in [2.24, 2.45) is 0 Å². The van der Waals surface area contributed by atoms with Gasteiger partial charge in [0.1, 0.15) is 6.07 Å². The van der Waals surface area contributed by atoms with Crippen LogP contribution >= 0.6 is 15.9 Å². The van der Waals surface area contributed by atoms with Gasteiger partial charge in [0.2, 0.25) is 0 Å². The summed E-state index contributed by atoms with van der Waals surface area (Å²) >= 11 is 3.37. The van der Waals surface area contributed by atoms with Crippen LogP contribution in [0.15, 0.2) is 34.9 Å². The van der Waals surface area contributed by atoms with E-state index in [1.165, 1.54) is 0 Å². The summed E-state index contributed by atoms with van der Waals surface area (Å²) in [6, 6.07) is 9.55. The second kappa shape index (κ2) is 7.36. The number of imidazole rings is 1. The molecule has 2 heterocycles. The first-order chi connectivity index (χ1) is 12.1. The number of nitriles is 1. The van der Waals surface area contributed by atoms with Gasteiger partial charge in [-0.15, -0.1) is 0 Å². The molecule has 1 aromatic carbocycles. The first-order valence-corrected chi connectivity index (χ1v) is 8.38. The molecule has 0 aliphatic carbocycles. The van der Waals surface area contributed by atoms with Crippen LogP contribution in [-0.2, 0) is 0 Å². The number of fused-ring (bicyclic) bond motifs is 1. The summed E-state index contributed by atoms with van der Waals surface area (Å²) in [6.07, 6.45) is 3.41. The van der Waals surface area contributed by atoms with E-state index in [4.69, 9.17) is 9.47 Å². The highest BCUT2D eigenvalue weighted by Gasteiger charge is 2.10. The number of nitrogens with zero attached hydrogens (tertiary/aromatic N) is 3. The van der Waals surface area contributed by atoms with Crippen molar-refractivity contribution in [3.05, 3.63) is 46.3 Å². The molecule has 1 N–H and O–H groups in total. The molecule has 0 bridgehead atoms. The van der Waals surface area contributed by atoms with Crippen LogP contribution in [-0.4, -0.2) is 28.7 Å². The van der Waals surface area contributed by atoms with Crippen molar-refractivity contribution >= 4 is 38.7 Å². The molecule has 126 valence electrons. The Morgan fingerprint density at radius 2 is 2.20 bits per heavy atom. The molecule has 0 atom stereocenters.